The third-order valence-electron chi connectivity index (χ3n) is 5.16. The third-order valence-corrected chi connectivity index (χ3v) is 5.16. The van der Waals surface area contributed by atoms with Crippen molar-refractivity contribution in [1.82, 2.24) is 0 Å². The van der Waals surface area contributed by atoms with Crippen LogP contribution < -0.4 is 4.74 Å². The first kappa shape index (κ1) is 25.6. The summed E-state index contributed by atoms with van der Waals surface area (Å²) in [6.07, 6.45) is 4.66. The minimum atomic E-state index is -4.85. The molecule has 0 amide bonds. The van der Waals surface area contributed by atoms with E-state index in [4.69, 9.17) is 0 Å². The van der Waals surface area contributed by atoms with Crippen molar-refractivity contribution in [1.29, 1.82) is 0 Å². The Morgan fingerprint density at radius 2 is 1.62 bits per heavy atom. The van der Waals surface area contributed by atoms with Crippen LogP contribution in [-0.2, 0) is 6.42 Å². The summed E-state index contributed by atoms with van der Waals surface area (Å²) in [5, 5.41) is 0. The summed E-state index contributed by atoms with van der Waals surface area (Å²) in [5.41, 5.74) is 2.24. The van der Waals surface area contributed by atoms with Gasteiger partial charge in [-0.05, 0) is 74.1 Å². The van der Waals surface area contributed by atoms with E-state index in [0.717, 1.165) is 30.5 Å². The Morgan fingerprint density at radius 1 is 1.00 bits per heavy atom. The van der Waals surface area contributed by atoms with E-state index in [1.165, 1.54) is 24.6 Å². The summed E-state index contributed by atoms with van der Waals surface area (Å²) in [7, 11) is 0. The molecule has 0 unspecified atom stereocenters. The van der Waals surface area contributed by atoms with E-state index >= 15 is 0 Å². The Hall–Kier alpha value is -2.70. The van der Waals surface area contributed by atoms with Crippen LogP contribution in [0.25, 0.3) is 5.57 Å². The second kappa shape index (κ2) is 11.2. The molecule has 0 N–H and O–H groups in total. The van der Waals surface area contributed by atoms with Gasteiger partial charge in [0.1, 0.15) is 11.6 Å². The molecule has 1 saturated carbocycles. The van der Waals surface area contributed by atoms with Crippen LogP contribution in [0.4, 0.5) is 26.3 Å². The molecule has 7 heteroatoms. The van der Waals surface area contributed by atoms with Crippen molar-refractivity contribution in [2.75, 3.05) is 0 Å². The second-order valence-electron chi connectivity index (χ2n) is 7.65. The van der Waals surface area contributed by atoms with Crippen LogP contribution in [0.3, 0.4) is 0 Å². The summed E-state index contributed by atoms with van der Waals surface area (Å²) in [4.78, 5) is 0. The molecule has 1 fully saturated rings. The lowest BCUT2D eigenvalue weighted by Crippen LogP contribution is -2.17. The fourth-order valence-corrected chi connectivity index (χ4v) is 3.30. The Balaban J connectivity index is 0.000000244. The lowest BCUT2D eigenvalue weighted by Gasteiger charge is -2.25. The molecule has 0 aliphatic heterocycles. The van der Waals surface area contributed by atoms with Crippen molar-refractivity contribution >= 4 is 5.57 Å². The summed E-state index contributed by atoms with van der Waals surface area (Å²) in [5.74, 6) is -2.18. The molecule has 0 spiro atoms. The maximum atomic E-state index is 14.1. The van der Waals surface area contributed by atoms with Gasteiger partial charge >= 0.3 is 6.36 Å². The molecule has 1 aliphatic carbocycles. The number of halogens is 6. The summed E-state index contributed by atoms with van der Waals surface area (Å²) in [6, 6.07) is 6.15. The van der Waals surface area contributed by atoms with E-state index in [1.54, 1.807) is 6.92 Å². The smallest absolute Gasteiger partial charge is 0.403 e. The highest BCUT2D eigenvalue weighted by Gasteiger charge is 2.32. The topological polar surface area (TPSA) is 9.23 Å². The molecule has 0 radical (unpaired) electrons. The largest absolute Gasteiger partial charge is 0.573 e. The van der Waals surface area contributed by atoms with Gasteiger partial charge in [0, 0.05) is 5.56 Å². The van der Waals surface area contributed by atoms with Gasteiger partial charge in [0.2, 0.25) is 0 Å². The average molecular weight is 456 g/mol. The average Bonchev–Trinajstić information content (AvgIpc) is 2.66. The first-order chi connectivity index (χ1) is 15.0. The Kier molecular flexibility index (Phi) is 8.99. The van der Waals surface area contributed by atoms with Crippen molar-refractivity contribution in [3.63, 3.8) is 0 Å². The highest BCUT2D eigenvalue weighted by atomic mass is 19.4. The molecule has 1 nitrogen and oxygen atoms in total. The molecular weight excluding hydrogens is 430 g/mol. The number of hydrogen-bond acceptors (Lipinski definition) is 1. The Morgan fingerprint density at radius 3 is 2.06 bits per heavy atom. The summed E-state index contributed by atoms with van der Waals surface area (Å²) < 4.78 is 79.2. The third kappa shape index (κ3) is 7.46. The number of hydrogen-bond donors (Lipinski definition) is 0. The van der Waals surface area contributed by atoms with Crippen molar-refractivity contribution in [2.45, 2.75) is 52.8 Å². The van der Waals surface area contributed by atoms with Gasteiger partial charge in [0.15, 0.2) is 11.6 Å². The standard InChI is InChI=1S/C17H20F2.C8H6F4O/c1-3-6-13(4-2)14-10-16(18)15(17(19)11-14)9-12-7-5-8-12;1-5-2-3-7(6(9)4-5)13-8(10,11)12/h3-4,6,10-12H,5,7-9H2,1-2H3;2-4H,1H3/b6-3-,13-4+;. The van der Waals surface area contributed by atoms with E-state index in [9.17, 15) is 26.3 Å². The number of ether oxygens (including phenoxy) is 1. The zero-order chi connectivity index (χ0) is 23.9. The summed E-state index contributed by atoms with van der Waals surface area (Å²) in [6.45, 7) is 5.33. The number of alkyl halides is 3. The van der Waals surface area contributed by atoms with Crippen LogP contribution in [0.1, 0.15) is 49.8 Å². The van der Waals surface area contributed by atoms with Crippen LogP contribution in [0.2, 0.25) is 0 Å². The Bertz CT molecular complexity index is 948. The predicted molar refractivity (Wildman–Crippen MR) is 114 cm³/mol. The minimum absolute atomic E-state index is 0.254. The maximum absolute atomic E-state index is 14.1. The number of allylic oxidation sites excluding steroid dienone is 4. The molecule has 0 aromatic heterocycles. The van der Waals surface area contributed by atoms with Crippen LogP contribution in [0, 0.1) is 30.3 Å². The highest BCUT2D eigenvalue weighted by Crippen LogP contribution is 2.32. The van der Waals surface area contributed by atoms with Crippen molar-refractivity contribution in [3.05, 3.63) is 82.7 Å². The molecule has 0 saturated heterocycles. The van der Waals surface area contributed by atoms with Gasteiger partial charge < -0.3 is 4.74 Å². The van der Waals surface area contributed by atoms with Gasteiger partial charge in [-0.2, -0.15) is 0 Å². The SMILES string of the molecule is C/C=C\C(=C/C)c1cc(F)c(CC2CCC2)c(F)c1.Cc1ccc(OC(F)(F)F)c(F)c1. The van der Waals surface area contributed by atoms with Gasteiger partial charge in [-0.3, -0.25) is 0 Å². The van der Waals surface area contributed by atoms with E-state index in [-0.39, 0.29) is 5.56 Å². The lowest BCUT2D eigenvalue weighted by atomic mass is 9.80. The van der Waals surface area contributed by atoms with E-state index in [0.29, 0.717) is 23.5 Å². The zero-order valence-electron chi connectivity index (χ0n) is 18.2. The van der Waals surface area contributed by atoms with Crippen LogP contribution in [-0.4, -0.2) is 6.36 Å². The molecule has 3 rings (SSSR count). The van der Waals surface area contributed by atoms with Gasteiger partial charge in [-0.15, -0.1) is 13.2 Å². The number of rotatable bonds is 5. The molecule has 174 valence electrons. The van der Waals surface area contributed by atoms with Crippen LogP contribution in [0.15, 0.2) is 48.6 Å². The molecule has 2 aromatic rings. The van der Waals surface area contributed by atoms with Crippen molar-refractivity contribution in [3.8, 4) is 5.75 Å². The van der Waals surface area contributed by atoms with Crippen molar-refractivity contribution < 1.29 is 31.1 Å². The number of benzene rings is 2. The molecule has 2 aromatic carbocycles. The highest BCUT2D eigenvalue weighted by molar-refractivity contribution is 5.73. The van der Waals surface area contributed by atoms with Gasteiger partial charge in [0.05, 0.1) is 0 Å². The molecular formula is C25H26F6O. The van der Waals surface area contributed by atoms with Crippen LogP contribution in [0.5, 0.6) is 5.75 Å². The second-order valence-corrected chi connectivity index (χ2v) is 7.65. The van der Waals surface area contributed by atoms with E-state index < -0.39 is 29.6 Å². The zero-order valence-corrected chi connectivity index (χ0v) is 18.2. The van der Waals surface area contributed by atoms with E-state index in [2.05, 4.69) is 4.74 Å². The summed E-state index contributed by atoms with van der Waals surface area (Å²) >= 11 is 0. The van der Waals surface area contributed by atoms with Crippen LogP contribution >= 0.6 is 0 Å². The lowest BCUT2D eigenvalue weighted by molar-refractivity contribution is -0.275. The maximum Gasteiger partial charge on any atom is 0.573 e. The van der Waals surface area contributed by atoms with Gasteiger partial charge in [-0.25, -0.2) is 13.2 Å². The van der Waals surface area contributed by atoms with E-state index in [1.807, 2.05) is 32.1 Å². The van der Waals surface area contributed by atoms with Gasteiger partial charge in [0.25, 0.3) is 0 Å². The molecule has 0 atom stereocenters. The molecule has 32 heavy (non-hydrogen) atoms. The fourth-order valence-electron chi connectivity index (χ4n) is 3.30. The predicted octanol–water partition coefficient (Wildman–Crippen LogP) is 8.32. The normalized spacial score (nSPS) is 14.7. The minimum Gasteiger partial charge on any atom is -0.403 e. The Labute approximate surface area is 184 Å². The monoisotopic (exact) mass is 456 g/mol. The van der Waals surface area contributed by atoms with Crippen molar-refractivity contribution in [2.24, 2.45) is 5.92 Å². The number of aryl methyl sites for hydroxylation is 1. The first-order valence-electron chi connectivity index (χ1n) is 10.3. The molecule has 0 bridgehead atoms. The fraction of sp³-hybridized carbons (Fsp3) is 0.360. The molecule has 0 heterocycles. The first-order valence-corrected chi connectivity index (χ1v) is 10.3. The van der Waals surface area contributed by atoms with Gasteiger partial charge in [-0.1, -0.05) is 43.6 Å². The molecule has 1 aliphatic rings. The quantitative estimate of drug-likeness (QED) is 0.325.